The van der Waals surface area contributed by atoms with Crippen LogP contribution in [0.5, 0.6) is 23.0 Å². The molecule has 144 valence electrons. The number of amides is 1. The summed E-state index contributed by atoms with van der Waals surface area (Å²) >= 11 is 0. The minimum Gasteiger partial charge on any atom is -0.497 e. The van der Waals surface area contributed by atoms with Gasteiger partial charge in [-0.15, -0.1) is 0 Å². The molecule has 0 unspecified atom stereocenters. The van der Waals surface area contributed by atoms with E-state index in [0.717, 1.165) is 11.3 Å². The molecular weight excluding hydrogens is 346 g/mol. The molecule has 0 saturated heterocycles. The van der Waals surface area contributed by atoms with Gasteiger partial charge >= 0.3 is 0 Å². The Balaban J connectivity index is 1.72. The monoisotopic (exact) mass is 371 g/mol. The van der Waals surface area contributed by atoms with Gasteiger partial charge in [0.2, 0.25) is 0 Å². The third-order valence-corrected chi connectivity index (χ3v) is 3.66. The minimum absolute atomic E-state index is 0.0954. The summed E-state index contributed by atoms with van der Waals surface area (Å²) in [6.07, 6.45) is 3.90. The molecule has 27 heavy (non-hydrogen) atoms. The first-order valence-electron chi connectivity index (χ1n) is 8.63. The molecule has 0 aliphatic carbocycles. The molecule has 0 bridgehead atoms. The largest absolute Gasteiger partial charge is 0.497 e. The highest BCUT2D eigenvalue weighted by atomic mass is 16.5. The third-order valence-electron chi connectivity index (χ3n) is 3.66. The Morgan fingerprint density at radius 2 is 1.70 bits per heavy atom. The number of ether oxygens (including phenoxy) is 4. The first kappa shape index (κ1) is 20.2. The molecule has 2 aromatic carbocycles. The molecule has 0 aromatic heterocycles. The van der Waals surface area contributed by atoms with Gasteiger partial charge in [-0.2, -0.15) is 0 Å². The Labute approximate surface area is 159 Å². The molecular formula is C21H25NO5. The number of hydrogen-bond donors (Lipinski definition) is 1. The predicted molar refractivity (Wildman–Crippen MR) is 105 cm³/mol. The lowest BCUT2D eigenvalue weighted by Gasteiger charge is -2.12. The van der Waals surface area contributed by atoms with Crippen molar-refractivity contribution >= 4 is 12.0 Å². The number of rotatable bonds is 10. The van der Waals surface area contributed by atoms with Crippen molar-refractivity contribution in [3.63, 3.8) is 0 Å². The molecule has 0 saturated carbocycles. The van der Waals surface area contributed by atoms with Gasteiger partial charge in [0.1, 0.15) is 18.1 Å². The second-order valence-corrected chi connectivity index (χ2v) is 5.57. The first-order valence-corrected chi connectivity index (χ1v) is 8.63. The van der Waals surface area contributed by atoms with E-state index < -0.39 is 0 Å². The van der Waals surface area contributed by atoms with E-state index in [-0.39, 0.29) is 12.5 Å². The van der Waals surface area contributed by atoms with Gasteiger partial charge in [-0.25, -0.2) is 0 Å². The van der Waals surface area contributed by atoms with Crippen molar-refractivity contribution in [1.29, 1.82) is 0 Å². The predicted octanol–water partition coefficient (Wildman–Crippen LogP) is 3.31. The average molecular weight is 371 g/mol. The van der Waals surface area contributed by atoms with Crippen LogP contribution >= 0.6 is 0 Å². The summed E-state index contributed by atoms with van der Waals surface area (Å²) in [5.41, 5.74) is 1.00. The zero-order valence-electron chi connectivity index (χ0n) is 15.9. The summed E-state index contributed by atoms with van der Waals surface area (Å²) < 4.78 is 21.5. The number of carbonyl (C=O) groups excluding carboxylic acids is 1. The van der Waals surface area contributed by atoms with E-state index in [4.69, 9.17) is 18.9 Å². The lowest BCUT2D eigenvalue weighted by molar-refractivity contribution is -0.123. The number of hydrogen-bond acceptors (Lipinski definition) is 5. The summed E-state index contributed by atoms with van der Waals surface area (Å²) in [6.45, 7) is 2.59. The topological polar surface area (TPSA) is 66.0 Å². The van der Waals surface area contributed by atoms with Gasteiger partial charge in [0.15, 0.2) is 18.1 Å². The first-order chi connectivity index (χ1) is 13.2. The maximum absolute atomic E-state index is 11.9. The van der Waals surface area contributed by atoms with Gasteiger partial charge in [0.05, 0.1) is 20.8 Å². The van der Waals surface area contributed by atoms with Crippen molar-refractivity contribution < 1.29 is 23.7 Å². The molecule has 0 heterocycles. The average Bonchev–Trinajstić information content (AvgIpc) is 2.70. The number of carbonyl (C=O) groups is 1. The maximum atomic E-state index is 11.9. The Kier molecular flexibility index (Phi) is 8.03. The molecule has 1 amide bonds. The Hall–Kier alpha value is -3.15. The van der Waals surface area contributed by atoms with Crippen LogP contribution in [0.25, 0.3) is 6.08 Å². The van der Waals surface area contributed by atoms with Crippen LogP contribution in [0, 0.1) is 0 Å². The fourth-order valence-electron chi connectivity index (χ4n) is 2.33. The maximum Gasteiger partial charge on any atom is 0.258 e. The summed E-state index contributed by atoms with van der Waals surface area (Å²) in [7, 11) is 3.18. The van der Waals surface area contributed by atoms with Crippen molar-refractivity contribution in [2.75, 3.05) is 34.0 Å². The van der Waals surface area contributed by atoms with E-state index in [1.54, 1.807) is 20.3 Å². The highest BCUT2D eigenvalue weighted by Crippen LogP contribution is 2.28. The summed E-state index contributed by atoms with van der Waals surface area (Å²) in [5, 5.41) is 2.75. The molecule has 0 radical (unpaired) electrons. The number of methoxy groups -OCH3 is 2. The van der Waals surface area contributed by atoms with Gasteiger partial charge in [0, 0.05) is 0 Å². The summed E-state index contributed by atoms with van der Waals surface area (Å²) in [4.78, 5) is 11.9. The Morgan fingerprint density at radius 3 is 2.37 bits per heavy atom. The van der Waals surface area contributed by atoms with Gasteiger partial charge in [0.25, 0.3) is 5.91 Å². The van der Waals surface area contributed by atoms with Crippen LogP contribution in [0.4, 0.5) is 0 Å². The van der Waals surface area contributed by atoms with Crippen LogP contribution in [0.2, 0.25) is 0 Å². The molecule has 0 atom stereocenters. The number of nitrogens with one attached hydrogen (secondary N) is 1. The van der Waals surface area contributed by atoms with Crippen LogP contribution in [0.3, 0.4) is 0 Å². The van der Waals surface area contributed by atoms with E-state index >= 15 is 0 Å². The molecule has 0 aliphatic rings. The van der Waals surface area contributed by atoms with Gasteiger partial charge in [-0.05, 0) is 48.9 Å². The fraction of sp³-hybridized carbons (Fsp3) is 0.286. The van der Waals surface area contributed by atoms with Crippen LogP contribution in [-0.4, -0.2) is 39.9 Å². The van der Waals surface area contributed by atoms with Crippen molar-refractivity contribution in [2.45, 2.75) is 6.92 Å². The molecule has 0 fully saturated rings. The minimum atomic E-state index is -0.229. The SMILES string of the molecule is C/C=C/c1ccc(OCC(=O)NCCOc2ccc(OC)cc2)c(OC)c1. The van der Waals surface area contributed by atoms with Crippen molar-refractivity contribution in [1.82, 2.24) is 5.32 Å². The van der Waals surface area contributed by atoms with Gasteiger partial charge in [-0.1, -0.05) is 18.2 Å². The molecule has 2 aromatic rings. The van der Waals surface area contributed by atoms with E-state index in [1.807, 2.05) is 55.5 Å². The lowest BCUT2D eigenvalue weighted by atomic mass is 10.2. The normalized spacial score (nSPS) is 10.5. The van der Waals surface area contributed by atoms with Crippen LogP contribution in [0.15, 0.2) is 48.5 Å². The smallest absolute Gasteiger partial charge is 0.258 e. The zero-order chi connectivity index (χ0) is 19.5. The molecule has 0 aliphatic heterocycles. The van der Waals surface area contributed by atoms with Gasteiger partial charge < -0.3 is 24.3 Å². The highest BCUT2D eigenvalue weighted by molar-refractivity contribution is 5.77. The summed E-state index contributed by atoms with van der Waals surface area (Å²) in [5.74, 6) is 2.36. The lowest BCUT2D eigenvalue weighted by Crippen LogP contribution is -2.32. The summed E-state index contributed by atoms with van der Waals surface area (Å²) in [6, 6.07) is 12.8. The number of allylic oxidation sites excluding steroid dienone is 1. The second kappa shape index (κ2) is 10.8. The molecule has 0 spiro atoms. The number of benzene rings is 2. The Morgan fingerprint density at radius 1 is 0.963 bits per heavy atom. The van der Waals surface area contributed by atoms with Crippen molar-refractivity contribution in [3.8, 4) is 23.0 Å². The zero-order valence-corrected chi connectivity index (χ0v) is 15.9. The van der Waals surface area contributed by atoms with E-state index in [1.165, 1.54) is 0 Å². The van der Waals surface area contributed by atoms with E-state index in [2.05, 4.69) is 5.32 Å². The molecule has 6 heteroatoms. The quantitative estimate of drug-likeness (QED) is 0.649. The van der Waals surface area contributed by atoms with E-state index in [9.17, 15) is 4.79 Å². The van der Waals surface area contributed by atoms with Crippen LogP contribution in [0.1, 0.15) is 12.5 Å². The second-order valence-electron chi connectivity index (χ2n) is 5.57. The standard InChI is InChI=1S/C21H25NO5/c1-4-5-16-6-11-19(20(14-16)25-3)27-15-21(23)22-12-13-26-18-9-7-17(24-2)8-10-18/h4-11,14H,12-13,15H2,1-3H3,(H,22,23)/b5-4+. The molecule has 2 rings (SSSR count). The Bertz CT molecular complexity index is 756. The third kappa shape index (κ3) is 6.58. The van der Waals surface area contributed by atoms with E-state index in [0.29, 0.717) is 30.4 Å². The van der Waals surface area contributed by atoms with Crippen molar-refractivity contribution in [3.05, 3.63) is 54.1 Å². The highest BCUT2D eigenvalue weighted by Gasteiger charge is 2.08. The van der Waals surface area contributed by atoms with Crippen LogP contribution in [-0.2, 0) is 4.79 Å². The van der Waals surface area contributed by atoms with Crippen LogP contribution < -0.4 is 24.3 Å². The van der Waals surface area contributed by atoms with Crippen molar-refractivity contribution in [2.24, 2.45) is 0 Å². The fourth-order valence-corrected chi connectivity index (χ4v) is 2.33. The molecule has 1 N–H and O–H groups in total. The van der Waals surface area contributed by atoms with Gasteiger partial charge in [-0.3, -0.25) is 4.79 Å². The molecule has 6 nitrogen and oxygen atoms in total.